The van der Waals surface area contributed by atoms with Gasteiger partial charge in [-0.2, -0.15) is 0 Å². The van der Waals surface area contributed by atoms with Crippen LogP contribution >= 0.6 is 11.8 Å². The molecule has 0 fully saturated rings. The lowest BCUT2D eigenvalue weighted by atomic mass is 10.1. The number of rotatable bonds is 3. The summed E-state index contributed by atoms with van der Waals surface area (Å²) in [6.07, 6.45) is 1.83. The fraction of sp³-hybridized carbons (Fsp3) is 0.118. The summed E-state index contributed by atoms with van der Waals surface area (Å²) < 4.78 is 0. The Morgan fingerprint density at radius 1 is 1.10 bits per heavy atom. The van der Waals surface area contributed by atoms with Crippen molar-refractivity contribution in [2.45, 2.75) is 17.6 Å². The molecule has 1 aromatic heterocycles. The third-order valence-corrected chi connectivity index (χ3v) is 4.31. The van der Waals surface area contributed by atoms with E-state index in [1.807, 2.05) is 49.5 Å². The van der Waals surface area contributed by atoms with E-state index in [4.69, 9.17) is 0 Å². The molecule has 0 bridgehead atoms. The Kier molecular flexibility index (Phi) is 3.61. The largest absolute Gasteiger partial charge is 0.361 e. The Morgan fingerprint density at radius 3 is 2.70 bits per heavy atom. The average Bonchev–Trinajstić information content (AvgIpc) is 2.48. The number of aryl methyl sites for hydroxylation is 1. The fourth-order valence-electron chi connectivity index (χ4n) is 2.16. The number of fused-ring (bicyclic) bond motifs is 1. The van der Waals surface area contributed by atoms with Crippen LogP contribution in [0.1, 0.15) is 11.1 Å². The van der Waals surface area contributed by atoms with Crippen LogP contribution in [0.5, 0.6) is 0 Å². The minimum Gasteiger partial charge on any atom is -0.361 e. The van der Waals surface area contributed by atoms with E-state index >= 15 is 0 Å². The summed E-state index contributed by atoms with van der Waals surface area (Å²) in [5.74, 6) is 0.684. The van der Waals surface area contributed by atoms with Gasteiger partial charge in [-0.15, -0.1) is 11.8 Å². The summed E-state index contributed by atoms with van der Waals surface area (Å²) >= 11 is 1.68. The lowest BCUT2D eigenvalue weighted by Gasteiger charge is -2.04. The van der Waals surface area contributed by atoms with Gasteiger partial charge in [0.25, 0.3) is 0 Å². The van der Waals surface area contributed by atoms with Gasteiger partial charge in [0, 0.05) is 33.3 Å². The van der Waals surface area contributed by atoms with Gasteiger partial charge in [0.1, 0.15) is 0 Å². The van der Waals surface area contributed by atoms with Crippen molar-refractivity contribution in [3.63, 3.8) is 0 Å². The van der Waals surface area contributed by atoms with Crippen molar-refractivity contribution in [1.29, 1.82) is 0 Å². The highest BCUT2D eigenvalue weighted by Crippen LogP contribution is 2.21. The van der Waals surface area contributed by atoms with Gasteiger partial charge in [-0.25, -0.2) is 0 Å². The molecule has 2 nitrogen and oxygen atoms in total. The summed E-state index contributed by atoms with van der Waals surface area (Å²) in [4.78, 5) is 16.9. The van der Waals surface area contributed by atoms with Crippen LogP contribution < -0.4 is 5.43 Å². The zero-order valence-corrected chi connectivity index (χ0v) is 12.0. The Bertz CT molecular complexity index is 793. The third-order valence-electron chi connectivity index (χ3n) is 3.25. The zero-order valence-electron chi connectivity index (χ0n) is 11.2. The number of thioether (sulfide) groups is 1. The fourth-order valence-corrected chi connectivity index (χ4v) is 3.05. The first-order chi connectivity index (χ1) is 9.74. The van der Waals surface area contributed by atoms with Crippen molar-refractivity contribution in [1.82, 2.24) is 4.98 Å². The van der Waals surface area contributed by atoms with Gasteiger partial charge < -0.3 is 4.98 Å². The van der Waals surface area contributed by atoms with Crippen LogP contribution in [0.25, 0.3) is 10.9 Å². The second-order valence-corrected chi connectivity index (χ2v) is 5.84. The molecule has 0 spiro atoms. The number of H-pyrrole nitrogens is 1. The lowest BCUT2D eigenvalue weighted by Crippen LogP contribution is -2.09. The number of hydrogen-bond acceptors (Lipinski definition) is 2. The van der Waals surface area contributed by atoms with E-state index in [0.29, 0.717) is 5.75 Å². The van der Waals surface area contributed by atoms with Crippen molar-refractivity contribution >= 4 is 22.7 Å². The molecule has 0 atom stereocenters. The van der Waals surface area contributed by atoms with E-state index in [0.717, 1.165) is 22.0 Å². The van der Waals surface area contributed by atoms with E-state index in [2.05, 4.69) is 17.1 Å². The van der Waals surface area contributed by atoms with E-state index in [9.17, 15) is 4.79 Å². The molecule has 0 amide bonds. The first-order valence-electron chi connectivity index (χ1n) is 6.53. The second-order valence-electron chi connectivity index (χ2n) is 4.79. The van der Waals surface area contributed by atoms with Crippen molar-refractivity contribution in [3.05, 3.63) is 76.1 Å². The Balaban J connectivity index is 1.92. The predicted octanol–water partition coefficient (Wildman–Crippen LogP) is 4.13. The molecule has 0 radical (unpaired) electrons. The first kappa shape index (κ1) is 13.0. The maximum absolute atomic E-state index is 12.5. The summed E-state index contributed by atoms with van der Waals surface area (Å²) in [7, 11) is 0. The topological polar surface area (TPSA) is 32.9 Å². The molecule has 0 saturated heterocycles. The van der Waals surface area contributed by atoms with Crippen LogP contribution in [-0.4, -0.2) is 4.98 Å². The molecule has 0 aliphatic carbocycles. The molecule has 0 unspecified atom stereocenters. The van der Waals surface area contributed by atoms with Gasteiger partial charge in [-0.1, -0.05) is 29.8 Å². The molecule has 1 N–H and O–H groups in total. The van der Waals surface area contributed by atoms with Crippen LogP contribution in [0, 0.1) is 6.92 Å². The van der Waals surface area contributed by atoms with Gasteiger partial charge in [0.05, 0.1) is 0 Å². The molecule has 3 rings (SSSR count). The number of aromatic nitrogens is 1. The number of pyridine rings is 1. The lowest BCUT2D eigenvalue weighted by molar-refractivity contribution is 1.26. The molecule has 0 saturated carbocycles. The highest BCUT2D eigenvalue weighted by Gasteiger charge is 2.06. The third kappa shape index (κ3) is 2.63. The highest BCUT2D eigenvalue weighted by atomic mass is 32.2. The zero-order chi connectivity index (χ0) is 13.9. The molecule has 20 heavy (non-hydrogen) atoms. The SMILES string of the molecule is Cc1ccc2[nH]cc(CSc3ccccc3)c(=O)c2c1. The number of hydrogen-bond donors (Lipinski definition) is 1. The van der Waals surface area contributed by atoms with E-state index < -0.39 is 0 Å². The maximum Gasteiger partial charge on any atom is 0.193 e. The molecule has 0 aliphatic heterocycles. The summed E-state index contributed by atoms with van der Waals surface area (Å²) in [5, 5.41) is 0.774. The molecule has 100 valence electrons. The number of nitrogens with one attached hydrogen (secondary N) is 1. The van der Waals surface area contributed by atoms with Crippen molar-refractivity contribution in [2.24, 2.45) is 0 Å². The van der Waals surface area contributed by atoms with Crippen molar-refractivity contribution in [3.8, 4) is 0 Å². The van der Waals surface area contributed by atoms with Gasteiger partial charge in [0.2, 0.25) is 0 Å². The van der Waals surface area contributed by atoms with Crippen LogP contribution in [-0.2, 0) is 5.75 Å². The van der Waals surface area contributed by atoms with Crippen LogP contribution in [0.4, 0.5) is 0 Å². The average molecular weight is 281 g/mol. The normalized spacial score (nSPS) is 10.8. The number of aromatic amines is 1. The quantitative estimate of drug-likeness (QED) is 0.732. The van der Waals surface area contributed by atoms with Crippen LogP contribution in [0.2, 0.25) is 0 Å². The van der Waals surface area contributed by atoms with Gasteiger partial charge >= 0.3 is 0 Å². The summed E-state index contributed by atoms with van der Waals surface area (Å²) in [6, 6.07) is 16.1. The summed E-state index contributed by atoms with van der Waals surface area (Å²) in [6.45, 7) is 2.00. The van der Waals surface area contributed by atoms with Gasteiger partial charge in [-0.05, 0) is 31.2 Å². The summed E-state index contributed by atoms with van der Waals surface area (Å²) in [5.41, 5.74) is 2.95. The molecule has 2 aromatic carbocycles. The Labute approximate surface area is 121 Å². The Morgan fingerprint density at radius 2 is 1.90 bits per heavy atom. The van der Waals surface area contributed by atoms with Gasteiger partial charge in [-0.3, -0.25) is 4.79 Å². The molecular weight excluding hydrogens is 266 g/mol. The van der Waals surface area contributed by atoms with Crippen LogP contribution in [0.3, 0.4) is 0 Å². The second kappa shape index (κ2) is 5.55. The van der Waals surface area contributed by atoms with E-state index in [1.54, 1.807) is 11.8 Å². The minimum atomic E-state index is 0.130. The minimum absolute atomic E-state index is 0.130. The smallest absolute Gasteiger partial charge is 0.193 e. The molecule has 0 aliphatic rings. The molecule has 3 aromatic rings. The van der Waals surface area contributed by atoms with Crippen LogP contribution in [0.15, 0.2) is 64.4 Å². The standard InChI is InChI=1S/C17H15NOS/c1-12-7-8-16-15(9-12)17(19)13(10-18-16)11-20-14-5-3-2-4-6-14/h2-10H,11H2,1H3,(H,18,19). The number of benzene rings is 2. The predicted molar refractivity (Wildman–Crippen MR) is 85.3 cm³/mol. The Hall–Kier alpha value is -2.00. The molecule has 1 heterocycles. The monoisotopic (exact) mass is 281 g/mol. The first-order valence-corrected chi connectivity index (χ1v) is 7.51. The highest BCUT2D eigenvalue weighted by molar-refractivity contribution is 7.98. The van der Waals surface area contributed by atoms with Crippen molar-refractivity contribution < 1.29 is 0 Å². The van der Waals surface area contributed by atoms with Gasteiger partial charge in [0.15, 0.2) is 5.43 Å². The van der Waals surface area contributed by atoms with E-state index in [-0.39, 0.29) is 5.43 Å². The molecule has 3 heteroatoms. The van der Waals surface area contributed by atoms with Crippen molar-refractivity contribution in [2.75, 3.05) is 0 Å². The van der Waals surface area contributed by atoms with E-state index in [1.165, 1.54) is 4.90 Å². The molecular formula is C17H15NOS. The maximum atomic E-state index is 12.5.